The molecule has 16 heavy (non-hydrogen) atoms. The molecule has 2 aliphatic carbocycles. The fourth-order valence-electron chi connectivity index (χ4n) is 2.10. The quantitative estimate of drug-likeness (QED) is 0.807. The summed E-state index contributed by atoms with van der Waals surface area (Å²) in [5.41, 5.74) is 5.90. The van der Waals surface area contributed by atoms with Gasteiger partial charge in [0.05, 0.1) is 5.25 Å². The topological polar surface area (TPSA) is 72.2 Å². The highest BCUT2D eigenvalue weighted by Gasteiger charge is 2.38. The van der Waals surface area contributed by atoms with Gasteiger partial charge in [-0.1, -0.05) is 0 Å². The Hall–Kier alpha value is 0.160. The van der Waals surface area contributed by atoms with Gasteiger partial charge in [-0.2, -0.15) is 0 Å². The molecule has 0 aromatic heterocycles. The third-order valence-electron chi connectivity index (χ3n) is 3.42. The maximum absolute atomic E-state index is 11.7. The second-order valence-corrected chi connectivity index (χ2v) is 7.28. The van der Waals surface area contributed by atoms with Crippen molar-refractivity contribution < 1.29 is 8.42 Å². The van der Waals surface area contributed by atoms with Crippen LogP contribution >= 0.6 is 12.4 Å². The average molecular weight is 269 g/mol. The van der Waals surface area contributed by atoms with Crippen LogP contribution in [-0.2, 0) is 10.0 Å². The molecular weight excluding hydrogens is 248 g/mol. The summed E-state index contributed by atoms with van der Waals surface area (Å²) in [7, 11) is -3.01. The van der Waals surface area contributed by atoms with Crippen molar-refractivity contribution in [1.82, 2.24) is 4.72 Å². The van der Waals surface area contributed by atoms with Crippen LogP contribution in [0.4, 0.5) is 0 Å². The first kappa shape index (κ1) is 14.2. The van der Waals surface area contributed by atoms with Crippen LogP contribution in [0.1, 0.15) is 45.4 Å². The molecule has 6 heteroatoms. The molecule has 0 spiro atoms. The van der Waals surface area contributed by atoms with E-state index in [1.165, 1.54) is 0 Å². The zero-order chi connectivity index (χ0) is 11.1. The highest BCUT2D eigenvalue weighted by atomic mass is 35.5. The third-order valence-corrected chi connectivity index (χ3v) is 5.43. The van der Waals surface area contributed by atoms with Crippen molar-refractivity contribution in [2.45, 2.75) is 62.3 Å². The summed E-state index contributed by atoms with van der Waals surface area (Å²) in [6.45, 7) is 2.04. The largest absolute Gasteiger partial charge is 0.325 e. The molecule has 2 fully saturated rings. The lowest BCUT2D eigenvalue weighted by atomic mass is 9.82. The summed E-state index contributed by atoms with van der Waals surface area (Å²) in [5.74, 6) is 0. The number of hydrogen-bond acceptors (Lipinski definition) is 3. The van der Waals surface area contributed by atoms with E-state index in [0.717, 1.165) is 38.5 Å². The van der Waals surface area contributed by atoms with Gasteiger partial charge < -0.3 is 5.73 Å². The molecule has 3 N–H and O–H groups in total. The lowest BCUT2D eigenvalue weighted by molar-refractivity contribution is 0.285. The number of nitrogens with two attached hydrogens (primary N) is 1. The maximum Gasteiger partial charge on any atom is 0.214 e. The number of nitrogens with one attached hydrogen (secondary N) is 1. The first-order valence-corrected chi connectivity index (χ1v) is 7.24. The monoisotopic (exact) mass is 268 g/mol. The number of sulfonamides is 1. The molecule has 0 bridgehead atoms. The van der Waals surface area contributed by atoms with Crippen LogP contribution in [-0.4, -0.2) is 25.2 Å². The van der Waals surface area contributed by atoms with Gasteiger partial charge in [-0.3, -0.25) is 0 Å². The molecule has 2 saturated carbocycles. The van der Waals surface area contributed by atoms with E-state index < -0.39 is 10.0 Å². The van der Waals surface area contributed by atoms with Gasteiger partial charge in [0.2, 0.25) is 10.0 Å². The van der Waals surface area contributed by atoms with E-state index in [0.29, 0.717) is 0 Å². The minimum Gasteiger partial charge on any atom is -0.325 e. The van der Waals surface area contributed by atoms with Crippen LogP contribution in [0.3, 0.4) is 0 Å². The molecule has 0 unspecified atom stereocenters. The van der Waals surface area contributed by atoms with Gasteiger partial charge in [-0.15, -0.1) is 12.4 Å². The summed E-state index contributed by atoms with van der Waals surface area (Å²) in [6, 6.07) is 0.118. The van der Waals surface area contributed by atoms with E-state index in [2.05, 4.69) is 4.72 Å². The molecule has 4 nitrogen and oxygen atoms in total. The van der Waals surface area contributed by atoms with Crippen LogP contribution < -0.4 is 10.5 Å². The van der Waals surface area contributed by atoms with E-state index in [9.17, 15) is 8.42 Å². The van der Waals surface area contributed by atoms with Gasteiger partial charge in [-0.05, 0) is 45.4 Å². The summed E-state index contributed by atoms with van der Waals surface area (Å²) in [5, 5.41) is -0.108. The molecule has 2 aliphatic rings. The molecule has 2 rings (SSSR count). The smallest absolute Gasteiger partial charge is 0.214 e. The normalized spacial score (nSPS) is 35.5. The minimum atomic E-state index is -3.01. The number of rotatable bonds is 3. The molecule has 0 radical (unpaired) electrons. The Labute approximate surface area is 104 Å². The van der Waals surface area contributed by atoms with E-state index in [1.54, 1.807) is 0 Å². The highest BCUT2D eigenvalue weighted by molar-refractivity contribution is 7.90. The van der Waals surface area contributed by atoms with Crippen LogP contribution in [0.15, 0.2) is 0 Å². The lowest BCUT2D eigenvalue weighted by Gasteiger charge is -2.34. The molecule has 0 aromatic carbocycles. The third kappa shape index (κ3) is 3.58. The van der Waals surface area contributed by atoms with Crippen molar-refractivity contribution in [3.63, 3.8) is 0 Å². The van der Waals surface area contributed by atoms with Crippen LogP contribution in [0.5, 0.6) is 0 Å². The molecule has 0 atom stereocenters. The molecule has 0 amide bonds. The van der Waals surface area contributed by atoms with Crippen LogP contribution in [0, 0.1) is 0 Å². The standard InChI is InChI=1S/C10H20N2O2S.ClH/c1-10(11)6-4-8(5-7-10)12-15(13,14)9-2-3-9;/h8-9,12H,2-7,11H2,1H3;1H. The summed E-state index contributed by atoms with van der Waals surface area (Å²) < 4.78 is 26.2. The van der Waals surface area contributed by atoms with Crippen molar-refractivity contribution in [3.8, 4) is 0 Å². The summed E-state index contributed by atoms with van der Waals surface area (Å²) >= 11 is 0. The van der Waals surface area contributed by atoms with E-state index >= 15 is 0 Å². The molecule has 0 heterocycles. The molecular formula is C10H21ClN2O2S. The van der Waals surface area contributed by atoms with Crippen molar-refractivity contribution >= 4 is 22.4 Å². The van der Waals surface area contributed by atoms with Crippen molar-refractivity contribution in [1.29, 1.82) is 0 Å². The molecule has 0 aromatic rings. The van der Waals surface area contributed by atoms with Crippen molar-refractivity contribution in [3.05, 3.63) is 0 Å². The summed E-state index contributed by atoms with van der Waals surface area (Å²) in [6.07, 6.45) is 5.22. The van der Waals surface area contributed by atoms with Crippen LogP contribution in [0.25, 0.3) is 0 Å². The predicted molar refractivity (Wildman–Crippen MR) is 67.2 cm³/mol. The fourth-order valence-corrected chi connectivity index (χ4v) is 3.75. The van der Waals surface area contributed by atoms with Gasteiger partial charge in [0, 0.05) is 11.6 Å². The van der Waals surface area contributed by atoms with Gasteiger partial charge in [0.1, 0.15) is 0 Å². The van der Waals surface area contributed by atoms with Gasteiger partial charge in [0.25, 0.3) is 0 Å². The van der Waals surface area contributed by atoms with E-state index in [-0.39, 0.29) is 29.2 Å². The Morgan fingerprint density at radius 1 is 1.19 bits per heavy atom. The minimum absolute atomic E-state index is 0. The van der Waals surface area contributed by atoms with E-state index in [1.807, 2.05) is 6.92 Å². The van der Waals surface area contributed by atoms with E-state index in [4.69, 9.17) is 5.73 Å². The van der Waals surface area contributed by atoms with Crippen molar-refractivity contribution in [2.24, 2.45) is 5.73 Å². The van der Waals surface area contributed by atoms with Gasteiger partial charge >= 0.3 is 0 Å². The first-order chi connectivity index (χ1) is 6.89. The Kier molecular flexibility index (Phi) is 4.27. The SMILES string of the molecule is CC1(N)CCC(NS(=O)(=O)C2CC2)CC1.Cl. The Morgan fingerprint density at radius 2 is 1.69 bits per heavy atom. The average Bonchev–Trinajstić information content (AvgIpc) is 2.91. The Morgan fingerprint density at radius 3 is 2.12 bits per heavy atom. The lowest BCUT2D eigenvalue weighted by Crippen LogP contribution is -2.47. The van der Waals surface area contributed by atoms with Gasteiger partial charge in [-0.25, -0.2) is 13.1 Å². The predicted octanol–water partition coefficient (Wildman–Crippen LogP) is 1.15. The zero-order valence-electron chi connectivity index (χ0n) is 9.61. The summed E-state index contributed by atoms with van der Waals surface area (Å²) in [4.78, 5) is 0. The van der Waals surface area contributed by atoms with Gasteiger partial charge in [0.15, 0.2) is 0 Å². The zero-order valence-corrected chi connectivity index (χ0v) is 11.2. The first-order valence-electron chi connectivity index (χ1n) is 5.69. The second-order valence-electron chi connectivity index (χ2n) is 5.29. The second kappa shape index (κ2) is 4.80. The highest BCUT2D eigenvalue weighted by Crippen LogP contribution is 2.30. The number of hydrogen-bond donors (Lipinski definition) is 2. The van der Waals surface area contributed by atoms with Crippen LogP contribution in [0.2, 0.25) is 0 Å². The molecule has 0 saturated heterocycles. The Bertz CT molecular complexity index is 329. The maximum atomic E-state index is 11.7. The number of halogens is 1. The molecule has 96 valence electrons. The fraction of sp³-hybridized carbons (Fsp3) is 1.00. The Balaban J connectivity index is 0.00000128. The van der Waals surface area contributed by atoms with Crippen molar-refractivity contribution in [2.75, 3.05) is 0 Å². The molecule has 0 aliphatic heterocycles.